The third kappa shape index (κ3) is 2.92. The van der Waals surface area contributed by atoms with E-state index in [9.17, 15) is 4.79 Å². The number of H-pyrrole nitrogens is 1. The highest BCUT2D eigenvalue weighted by Crippen LogP contribution is 2.24. The Balaban J connectivity index is 1.92. The van der Waals surface area contributed by atoms with Crippen molar-refractivity contribution in [2.75, 3.05) is 5.32 Å². The second-order valence-electron chi connectivity index (χ2n) is 5.60. The topological polar surface area (TPSA) is 88.5 Å². The van der Waals surface area contributed by atoms with Crippen molar-refractivity contribution in [2.45, 2.75) is 33.7 Å². The molecule has 3 aromatic rings. The van der Waals surface area contributed by atoms with Gasteiger partial charge < -0.3 is 5.32 Å². The summed E-state index contributed by atoms with van der Waals surface area (Å²) in [6, 6.07) is 7.31. The predicted molar refractivity (Wildman–Crippen MR) is 91.8 cm³/mol. The molecule has 0 aliphatic carbocycles. The number of aromatic amines is 1. The van der Waals surface area contributed by atoms with Crippen LogP contribution in [-0.4, -0.2) is 30.9 Å². The first-order valence-corrected chi connectivity index (χ1v) is 7.92. The minimum atomic E-state index is -0.191. The molecule has 7 heteroatoms. The van der Waals surface area contributed by atoms with Crippen molar-refractivity contribution in [1.82, 2.24) is 25.0 Å². The maximum atomic E-state index is 12.8. The zero-order valence-corrected chi connectivity index (χ0v) is 14.0. The molecule has 124 valence electrons. The number of carbonyl (C=O) groups is 1. The molecule has 0 spiro atoms. The van der Waals surface area contributed by atoms with E-state index in [1.165, 1.54) is 6.33 Å². The van der Waals surface area contributed by atoms with Crippen LogP contribution in [0.2, 0.25) is 0 Å². The number of aryl methyl sites for hydroxylation is 2. The first kappa shape index (κ1) is 15.9. The minimum absolute atomic E-state index is 0.191. The number of carbonyl (C=O) groups excluding carboxylic acids is 1. The maximum Gasteiger partial charge on any atom is 0.256 e. The number of hydrogen-bond acceptors (Lipinski definition) is 4. The molecule has 0 atom stereocenters. The van der Waals surface area contributed by atoms with Gasteiger partial charge in [0.25, 0.3) is 5.91 Å². The van der Waals surface area contributed by atoms with Crippen LogP contribution in [0.3, 0.4) is 0 Å². The average molecular weight is 324 g/mol. The molecule has 0 bridgehead atoms. The van der Waals surface area contributed by atoms with E-state index in [2.05, 4.69) is 32.5 Å². The molecular formula is C17H20N6O. The summed E-state index contributed by atoms with van der Waals surface area (Å²) in [5.41, 5.74) is 3.78. The zero-order chi connectivity index (χ0) is 17.1. The zero-order valence-electron chi connectivity index (χ0n) is 14.0. The van der Waals surface area contributed by atoms with Crippen LogP contribution in [-0.2, 0) is 6.54 Å². The number of nitrogens with zero attached hydrogens (tertiary/aromatic N) is 4. The van der Waals surface area contributed by atoms with Gasteiger partial charge in [-0.1, -0.05) is 25.1 Å². The summed E-state index contributed by atoms with van der Waals surface area (Å²) in [6.45, 7) is 6.80. The molecule has 0 aliphatic heterocycles. The highest BCUT2D eigenvalue weighted by atomic mass is 16.1. The maximum absolute atomic E-state index is 12.8. The van der Waals surface area contributed by atoms with Crippen LogP contribution < -0.4 is 5.32 Å². The van der Waals surface area contributed by atoms with E-state index >= 15 is 0 Å². The van der Waals surface area contributed by atoms with Crippen molar-refractivity contribution in [1.29, 1.82) is 0 Å². The van der Waals surface area contributed by atoms with Gasteiger partial charge in [0.05, 0.1) is 22.6 Å². The fraction of sp³-hybridized carbons (Fsp3) is 0.294. The van der Waals surface area contributed by atoms with Crippen LogP contribution >= 0.6 is 0 Å². The highest BCUT2D eigenvalue weighted by molar-refractivity contribution is 6.08. The first-order valence-electron chi connectivity index (χ1n) is 7.92. The fourth-order valence-corrected chi connectivity index (χ4v) is 2.71. The van der Waals surface area contributed by atoms with Crippen LogP contribution in [0.4, 0.5) is 5.69 Å². The third-order valence-corrected chi connectivity index (χ3v) is 3.90. The van der Waals surface area contributed by atoms with E-state index in [4.69, 9.17) is 0 Å². The van der Waals surface area contributed by atoms with Gasteiger partial charge in [0, 0.05) is 12.1 Å². The number of amides is 1. The Bertz CT molecular complexity index is 850. The smallest absolute Gasteiger partial charge is 0.256 e. The molecule has 0 unspecified atom stereocenters. The lowest BCUT2D eigenvalue weighted by atomic mass is 10.1. The molecule has 0 radical (unpaired) electrons. The van der Waals surface area contributed by atoms with E-state index in [0.717, 1.165) is 30.0 Å². The molecule has 7 nitrogen and oxygen atoms in total. The Morgan fingerprint density at radius 2 is 2.08 bits per heavy atom. The number of benzene rings is 1. The molecule has 1 amide bonds. The molecule has 2 heterocycles. The highest BCUT2D eigenvalue weighted by Gasteiger charge is 2.18. The lowest BCUT2D eigenvalue weighted by molar-refractivity contribution is 0.102. The van der Waals surface area contributed by atoms with Gasteiger partial charge in [0.1, 0.15) is 6.33 Å². The second-order valence-corrected chi connectivity index (χ2v) is 5.60. The quantitative estimate of drug-likeness (QED) is 0.755. The fourth-order valence-electron chi connectivity index (χ4n) is 2.71. The van der Waals surface area contributed by atoms with Crippen molar-refractivity contribution < 1.29 is 4.79 Å². The van der Waals surface area contributed by atoms with Gasteiger partial charge in [-0.25, -0.2) is 4.98 Å². The number of nitrogens with one attached hydrogen (secondary N) is 2. The van der Waals surface area contributed by atoms with E-state index in [1.54, 1.807) is 6.07 Å². The van der Waals surface area contributed by atoms with Crippen molar-refractivity contribution in [2.24, 2.45) is 0 Å². The van der Waals surface area contributed by atoms with Crippen molar-refractivity contribution in [3.05, 3.63) is 47.5 Å². The molecule has 1 aromatic carbocycles. The number of rotatable bonds is 5. The summed E-state index contributed by atoms with van der Waals surface area (Å²) < 4.78 is 1.92. The van der Waals surface area contributed by atoms with Crippen molar-refractivity contribution >= 4 is 11.6 Å². The molecule has 2 N–H and O–H groups in total. The Morgan fingerprint density at radius 1 is 1.29 bits per heavy atom. The molecule has 0 saturated heterocycles. The average Bonchev–Trinajstić information content (AvgIpc) is 3.20. The third-order valence-electron chi connectivity index (χ3n) is 3.90. The summed E-state index contributed by atoms with van der Waals surface area (Å²) in [5, 5.41) is 14.1. The molecule has 0 saturated carbocycles. The van der Waals surface area contributed by atoms with Crippen LogP contribution in [0.25, 0.3) is 11.4 Å². The van der Waals surface area contributed by atoms with Crippen LogP contribution in [0.5, 0.6) is 0 Å². The first-order chi connectivity index (χ1) is 11.6. The number of aromatic nitrogens is 5. The Labute approximate surface area is 140 Å². The summed E-state index contributed by atoms with van der Waals surface area (Å²) in [4.78, 5) is 16.9. The molecule has 3 rings (SSSR count). The number of hydrogen-bond donors (Lipinski definition) is 2. The van der Waals surface area contributed by atoms with Gasteiger partial charge in [-0.3, -0.25) is 14.6 Å². The van der Waals surface area contributed by atoms with Crippen molar-refractivity contribution in [3.8, 4) is 11.4 Å². The largest absolute Gasteiger partial charge is 0.319 e. The Morgan fingerprint density at radius 3 is 2.79 bits per heavy atom. The molecule has 0 fully saturated rings. The SMILES string of the molecule is CCCn1nc(C)c(NC(=O)c2ccccc2-c2ncn[nH]2)c1C. The van der Waals surface area contributed by atoms with Gasteiger partial charge in [-0.2, -0.15) is 10.2 Å². The van der Waals surface area contributed by atoms with E-state index < -0.39 is 0 Å². The summed E-state index contributed by atoms with van der Waals surface area (Å²) >= 11 is 0. The number of anilines is 1. The van der Waals surface area contributed by atoms with E-state index in [-0.39, 0.29) is 5.91 Å². The Kier molecular flexibility index (Phi) is 4.41. The molecule has 2 aromatic heterocycles. The Hall–Kier alpha value is -2.96. The van der Waals surface area contributed by atoms with Gasteiger partial charge in [-0.15, -0.1) is 0 Å². The molecule has 24 heavy (non-hydrogen) atoms. The summed E-state index contributed by atoms with van der Waals surface area (Å²) in [5.74, 6) is 0.375. The van der Waals surface area contributed by atoms with Gasteiger partial charge in [0.2, 0.25) is 0 Å². The standard InChI is InChI=1S/C17H20N6O/c1-4-9-23-12(3)15(11(2)22-23)20-17(24)14-8-6-5-7-13(14)16-18-10-19-21-16/h5-8,10H,4,9H2,1-3H3,(H,20,24)(H,18,19,21). The summed E-state index contributed by atoms with van der Waals surface area (Å²) in [7, 11) is 0. The summed E-state index contributed by atoms with van der Waals surface area (Å²) in [6.07, 6.45) is 2.41. The van der Waals surface area contributed by atoms with Crippen LogP contribution in [0, 0.1) is 13.8 Å². The van der Waals surface area contributed by atoms with E-state index in [1.807, 2.05) is 36.7 Å². The van der Waals surface area contributed by atoms with Gasteiger partial charge in [0.15, 0.2) is 5.82 Å². The lowest BCUT2D eigenvalue weighted by Gasteiger charge is -2.09. The molecular weight excluding hydrogens is 304 g/mol. The predicted octanol–water partition coefficient (Wildman–Crippen LogP) is 2.95. The molecule has 0 aliphatic rings. The van der Waals surface area contributed by atoms with Gasteiger partial charge in [-0.05, 0) is 26.3 Å². The van der Waals surface area contributed by atoms with E-state index in [0.29, 0.717) is 17.0 Å². The second kappa shape index (κ2) is 6.66. The van der Waals surface area contributed by atoms with Crippen LogP contribution in [0.15, 0.2) is 30.6 Å². The monoisotopic (exact) mass is 324 g/mol. The normalized spacial score (nSPS) is 10.8. The van der Waals surface area contributed by atoms with Crippen LogP contribution in [0.1, 0.15) is 35.1 Å². The van der Waals surface area contributed by atoms with Crippen molar-refractivity contribution in [3.63, 3.8) is 0 Å². The lowest BCUT2D eigenvalue weighted by Crippen LogP contribution is -2.14. The van der Waals surface area contributed by atoms with Gasteiger partial charge >= 0.3 is 0 Å². The minimum Gasteiger partial charge on any atom is -0.319 e.